The second kappa shape index (κ2) is 6.70. The Labute approximate surface area is 146 Å². The van der Waals surface area contributed by atoms with Crippen molar-refractivity contribution in [2.45, 2.75) is 26.4 Å². The molecule has 0 unspecified atom stereocenters. The van der Waals surface area contributed by atoms with Gasteiger partial charge in [0.1, 0.15) is 5.75 Å². The van der Waals surface area contributed by atoms with Crippen LogP contribution in [0.15, 0.2) is 24.3 Å². The number of rotatable bonds is 7. The summed E-state index contributed by atoms with van der Waals surface area (Å²) >= 11 is 0. The molecule has 1 heterocycles. The molecule has 1 aliphatic rings. The van der Waals surface area contributed by atoms with Gasteiger partial charge < -0.3 is 15.2 Å². The van der Waals surface area contributed by atoms with Crippen molar-refractivity contribution >= 4 is 11.9 Å². The number of carbonyl (C=O) groups is 2. The Morgan fingerprint density at radius 1 is 1.35 bits per heavy atom. The second-order valence-electron chi connectivity index (χ2n) is 6.08. The Hall–Kier alpha value is -3.04. The number of nitrogens with one attached hydrogen (secondary N) is 1. The summed E-state index contributed by atoms with van der Waals surface area (Å²) < 4.78 is 30.0. The van der Waals surface area contributed by atoms with E-state index in [1.165, 1.54) is 28.9 Å². The molecule has 2 N–H and O–H groups in total. The highest BCUT2D eigenvalue weighted by molar-refractivity contribution is 5.93. The Kier molecular flexibility index (Phi) is 4.58. The van der Waals surface area contributed by atoms with Crippen LogP contribution in [0.25, 0.3) is 5.69 Å². The van der Waals surface area contributed by atoms with E-state index in [1.54, 1.807) is 6.92 Å². The maximum Gasteiger partial charge on any atom is 0.387 e. The minimum Gasteiger partial charge on any atom is -0.481 e. The number of carbonyl (C=O) groups excluding carboxylic acids is 1. The number of ether oxygens (including phenoxy) is 1. The van der Waals surface area contributed by atoms with E-state index in [0.29, 0.717) is 24.2 Å². The molecular formula is C16H16F2N4O4. The predicted molar refractivity (Wildman–Crippen MR) is 84.4 cm³/mol. The van der Waals surface area contributed by atoms with Crippen molar-refractivity contribution in [2.75, 3.05) is 6.54 Å². The molecule has 10 heteroatoms. The zero-order valence-electron chi connectivity index (χ0n) is 13.8. The van der Waals surface area contributed by atoms with Gasteiger partial charge in [-0.15, -0.1) is 5.10 Å². The van der Waals surface area contributed by atoms with Crippen LogP contribution in [0.1, 0.15) is 29.0 Å². The van der Waals surface area contributed by atoms with E-state index in [-0.39, 0.29) is 18.0 Å². The quantitative estimate of drug-likeness (QED) is 0.774. The van der Waals surface area contributed by atoms with Crippen LogP contribution >= 0.6 is 0 Å². The summed E-state index contributed by atoms with van der Waals surface area (Å²) in [6, 6.07) is 5.72. The molecule has 1 saturated carbocycles. The van der Waals surface area contributed by atoms with Crippen LogP contribution < -0.4 is 10.1 Å². The normalized spacial score (nSPS) is 14.9. The number of aliphatic carboxylic acids is 1. The van der Waals surface area contributed by atoms with Crippen LogP contribution in [0.2, 0.25) is 0 Å². The van der Waals surface area contributed by atoms with Crippen molar-refractivity contribution in [3.05, 3.63) is 35.7 Å². The number of hydrogen-bond acceptors (Lipinski definition) is 5. The van der Waals surface area contributed by atoms with E-state index < -0.39 is 23.9 Å². The number of carboxylic acids is 1. The van der Waals surface area contributed by atoms with Gasteiger partial charge in [0.15, 0.2) is 5.69 Å². The highest BCUT2D eigenvalue weighted by Gasteiger charge is 2.50. The van der Waals surface area contributed by atoms with Gasteiger partial charge in [0.05, 0.1) is 16.8 Å². The van der Waals surface area contributed by atoms with E-state index >= 15 is 0 Å². The first-order valence-corrected chi connectivity index (χ1v) is 7.81. The summed E-state index contributed by atoms with van der Waals surface area (Å²) in [7, 11) is 0. The Balaban J connectivity index is 1.71. The van der Waals surface area contributed by atoms with E-state index in [1.807, 2.05) is 0 Å². The van der Waals surface area contributed by atoms with Crippen molar-refractivity contribution in [1.82, 2.24) is 20.3 Å². The largest absolute Gasteiger partial charge is 0.481 e. The first kappa shape index (κ1) is 17.8. The van der Waals surface area contributed by atoms with Crippen LogP contribution in [0.4, 0.5) is 8.78 Å². The summed E-state index contributed by atoms with van der Waals surface area (Å²) in [5.74, 6) is -1.44. The zero-order chi connectivity index (χ0) is 18.9. The van der Waals surface area contributed by atoms with E-state index in [4.69, 9.17) is 5.11 Å². The average molecular weight is 366 g/mol. The van der Waals surface area contributed by atoms with Gasteiger partial charge in [-0.3, -0.25) is 9.59 Å². The number of halogens is 2. The topological polar surface area (TPSA) is 106 Å². The Morgan fingerprint density at radius 3 is 2.54 bits per heavy atom. The van der Waals surface area contributed by atoms with Crippen molar-refractivity contribution in [3.8, 4) is 11.4 Å². The zero-order valence-corrected chi connectivity index (χ0v) is 13.8. The average Bonchev–Trinajstić information content (AvgIpc) is 3.30. The van der Waals surface area contributed by atoms with Gasteiger partial charge in [-0.25, -0.2) is 4.68 Å². The van der Waals surface area contributed by atoms with Crippen LogP contribution in [0.3, 0.4) is 0 Å². The molecule has 1 amide bonds. The maximum absolute atomic E-state index is 12.3. The highest BCUT2D eigenvalue weighted by Crippen LogP contribution is 2.45. The number of alkyl halides is 2. The summed E-state index contributed by atoms with van der Waals surface area (Å²) in [6.45, 7) is -1.25. The molecule has 26 heavy (non-hydrogen) atoms. The Morgan fingerprint density at radius 2 is 2.00 bits per heavy atom. The molecule has 1 aromatic heterocycles. The molecule has 1 fully saturated rings. The molecule has 0 bridgehead atoms. The SMILES string of the molecule is Cc1c(C(=O)NCC2(C(=O)O)CC2)nnn1-c1ccc(OC(F)F)cc1. The lowest BCUT2D eigenvalue weighted by atomic mass is 10.1. The number of benzene rings is 1. The van der Waals surface area contributed by atoms with Gasteiger partial charge in [-0.2, -0.15) is 8.78 Å². The lowest BCUT2D eigenvalue weighted by molar-refractivity contribution is -0.143. The third kappa shape index (κ3) is 3.48. The summed E-state index contributed by atoms with van der Waals surface area (Å²) in [6.07, 6.45) is 1.06. The fraction of sp³-hybridized carbons (Fsp3) is 0.375. The third-order valence-corrected chi connectivity index (χ3v) is 4.31. The molecule has 0 atom stereocenters. The van der Waals surface area contributed by atoms with Gasteiger partial charge in [-0.05, 0) is 44.0 Å². The van der Waals surface area contributed by atoms with E-state index in [2.05, 4.69) is 20.4 Å². The summed E-state index contributed by atoms with van der Waals surface area (Å²) in [5.41, 5.74) is 0.143. The molecular weight excluding hydrogens is 350 g/mol. The maximum atomic E-state index is 12.3. The predicted octanol–water partition coefficient (Wildman–Crippen LogP) is 1.77. The van der Waals surface area contributed by atoms with Gasteiger partial charge in [-0.1, -0.05) is 5.21 Å². The van der Waals surface area contributed by atoms with Gasteiger partial charge in [0, 0.05) is 6.54 Å². The molecule has 0 saturated heterocycles. The number of carboxylic acid groups (broad SMARTS) is 1. The molecule has 8 nitrogen and oxygen atoms in total. The standard InChI is InChI=1S/C16H16F2N4O4/c1-9-12(13(23)19-8-16(6-7-16)14(24)25)20-21-22(9)10-2-4-11(5-3-10)26-15(17)18/h2-5,15H,6-8H2,1H3,(H,19,23)(H,24,25). The number of hydrogen-bond donors (Lipinski definition) is 2. The van der Waals surface area contributed by atoms with Gasteiger partial charge in [0.2, 0.25) is 0 Å². The van der Waals surface area contributed by atoms with Crippen LogP contribution in [0.5, 0.6) is 5.75 Å². The van der Waals surface area contributed by atoms with Crippen molar-refractivity contribution in [3.63, 3.8) is 0 Å². The number of amides is 1. The fourth-order valence-corrected chi connectivity index (χ4v) is 2.50. The minimum absolute atomic E-state index is 0.00267. The first-order valence-electron chi connectivity index (χ1n) is 7.81. The molecule has 0 spiro atoms. The van der Waals surface area contributed by atoms with Gasteiger partial charge >= 0.3 is 12.6 Å². The molecule has 0 aliphatic heterocycles. The minimum atomic E-state index is -2.91. The Bertz CT molecular complexity index is 831. The summed E-state index contributed by atoms with van der Waals surface area (Å²) in [5, 5.41) is 19.4. The molecule has 138 valence electrons. The van der Waals surface area contributed by atoms with Crippen LogP contribution in [-0.4, -0.2) is 45.1 Å². The van der Waals surface area contributed by atoms with Crippen LogP contribution in [-0.2, 0) is 4.79 Å². The molecule has 1 aromatic carbocycles. The molecule has 0 radical (unpaired) electrons. The van der Waals surface area contributed by atoms with Crippen molar-refractivity contribution < 1.29 is 28.2 Å². The van der Waals surface area contributed by atoms with E-state index in [9.17, 15) is 18.4 Å². The monoisotopic (exact) mass is 366 g/mol. The number of aromatic nitrogens is 3. The first-order chi connectivity index (χ1) is 12.3. The second-order valence-corrected chi connectivity index (χ2v) is 6.08. The fourth-order valence-electron chi connectivity index (χ4n) is 2.50. The molecule has 1 aliphatic carbocycles. The van der Waals surface area contributed by atoms with Crippen molar-refractivity contribution in [1.29, 1.82) is 0 Å². The molecule has 2 aromatic rings. The lowest BCUT2D eigenvalue weighted by Gasteiger charge is -2.10. The number of nitrogens with zero attached hydrogens (tertiary/aromatic N) is 3. The van der Waals surface area contributed by atoms with Gasteiger partial charge in [0.25, 0.3) is 5.91 Å². The summed E-state index contributed by atoms with van der Waals surface area (Å²) in [4.78, 5) is 23.4. The van der Waals surface area contributed by atoms with Crippen LogP contribution in [0, 0.1) is 12.3 Å². The lowest BCUT2D eigenvalue weighted by Crippen LogP contribution is -2.34. The smallest absolute Gasteiger partial charge is 0.387 e. The van der Waals surface area contributed by atoms with Crippen molar-refractivity contribution in [2.24, 2.45) is 5.41 Å². The molecule has 3 rings (SSSR count). The highest BCUT2D eigenvalue weighted by atomic mass is 19.3. The third-order valence-electron chi connectivity index (χ3n) is 4.31. The van der Waals surface area contributed by atoms with E-state index in [0.717, 1.165) is 0 Å².